The Labute approximate surface area is 128 Å². The largest absolute Gasteiger partial charge is 0.345 e. The molecule has 22 heavy (non-hydrogen) atoms. The third-order valence-corrected chi connectivity index (χ3v) is 4.38. The highest BCUT2D eigenvalue weighted by atomic mass is 32.1. The molecule has 0 saturated heterocycles. The van der Waals surface area contributed by atoms with E-state index in [1.807, 2.05) is 5.38 Å². The molecule has 0 amide bonds. The van der Waals surface area contributed by atoms with Crippen LogP contribution in [0.5, 0.6) is 0 Å². The van der Waals surface area contributed by atoms with Crippen LogP contribution in [0.2, 0.25) is 0 Å². The Kier molecular flexibility index (Phi) is 2.71. The lowest BCUT2D eigenvalue weighted by Gasteiger charge is -2.20. The predicted molar refractivity (Wildman–Crippen MR) is 83.1 cm³/mol. The molecule has 0 spiro atoms. The summed E-state index contributed by atoms with van der Waals surface area (Å²) in [7, 11) is 1.68. The molecule has 4 heterocycles. The van der Waals surface area contributed by atoms with Crippen LogP contribution in [-0.4, -0.2) is 36.1 Å². The van der Waals surface area contributed by atoms with Gasteiger partial charge in [0.2, 0.25) is 5.78 Å². The van der Waals surface area contributed by atoms with Crippen LogP contribution in [0.15, 0.2) is 21.4 Å². The van der Waals surface area contributed by atoms with Gasteiger partial charge in [-0.05, 0) is 6.92 Å². The Hall–Kier alpha value is -2.46. The van der Waals surface area contributed by atoms with Crippen molar-refractivity contribution in [2.24, 2.45) is 17.9 Å². The Bertz CT molecular complexity index is 944. The first-order valence-electron chi connectivity index (χ1n) is 6.58. The van der Waals surface area contributed by atoms with E-state index in [2.05, 4.69) is 21.9 Å². The molecule has 0 aromatic carbocycles. The first kappa shape index (κ1) is 13.2. The Morgan fingerprint density at radius 1 is 1.50 bits per heavy atom. The van der Waals surface area contributed by atoms with Gasteiger partial charge in [-0.25, -0.2) is 24.8 Å². The van der Waals surface area contributed by atoms with Gasteiger partial charge in [0, 0.05) is 25.2 Å². The number of aromatic nitrogens is 5. The smallest absolute Gasteiger partial charge is 0.271 e. The molecule has 0 aliphatic carbocycles. The van der Waals surface area contributed by atoms with Crippen LogP contribution in [0.1, 0.15) is 10.7 Å². The van der Waals surface area contributed by atoms with Crippen molar-refractivity contribution < 1.29 is 0 Å². The molecule has 0 atom stereocenters. The quantitative estimate of drug-likeness (QED) is 0.649. The van der Waals surface area contributed by atoms with Gasteiger partial charge in [0.05, 0.1) is 0 Å². The molecule has 3 aromatic heterocycles. The maximum Gasteiger partial charge on any atom is 0.345 e. The number of nitrogens with zero attached hydrogens (tertiary/aromatic N) is 7. The van der Waals surface area contributed by atoms with Crippen LogP contribution < -0.4 is 16.5 Å². The summed E-state index contributed by atoms with van der Waals surface area (Å²) in [5, 5.41) is 4.10. The summed E-state index contributed by atoms with van der Waals surface area (Å²) in [6.45, 7) is 4.36. The van der Waals surface area contributed by atoms with Gasteiger partial charge in [-0.2, -0.15) is 4.98 Å². The summed E-state index contributed by atoms with van der Waals surface area (Å²) in [4.78, 5) is 25.6. The Balaban J connectivity index is 2.10. The number of aryl methyl sites for hydroxylation is 1. The van der Waals surface area contributed by atoms with Crippen LogP contribution in [0.4, 0.5) is 5.82 Å². The zero-order chi connectivity index (χ0) is 15.4. The number of hydrazine groups is 1. The molecular formula is C12H13N8OS. The maximum atomic E-state index is 12.3. The van der Waals surface area contributed by atoms with Crippen LogP contribution in [0.25, 0.3) is 5.78 Å². The lowest BCUT2D eigenvalue weighted by molar-refractivity contribution is 0.652. The number of hydrogen-bond donors (Lipinski definition) is 1. The molecule has 0 fully saturated rings. The van der Waals surface area contributed by atoms with Crippen LogP contribution in [-0.2, 0) is 13.6 Å². The number of rotatable bonds is 2. The van der Waals surface area contributed by atoms with E-state index in [1.165, 1.54) is 25.6 Å². The molecule has 113 valence electrons. The number of fused-ring (bicyclic) bond motifs is 3. The van der Waals surface area contributed by atoms with Crippen LogP contribution in [0, 0.1) is 6.92 Å². The topological polar surface area (TPSA) is 98.7 Å². The molecule has 3 aromatic rings. The summed E-state index contributed by atoms with van der Waals surface area (Å²) < 4.78 is 4.68. The predicted octanol–water partition coefficient (Wildman–Crippen LogP) is -0.386. The average molecular weight is 317 g/mol. The van der Waals surface area contributed by atoms with E-state index in [0.717, 1.165) is 5.01 Å². The van der Waals surface area contributed by atoms with E-state index in [9.17, 15) is 4.79 Å². The number of hydrogen-bond acceptors (Lipinski definition) is 7. The average Bonchev–Trinajstić information content (AvgIpc) is 3.19. The van der Waals surface area contributed by atoms with E-state index in [4.69, 9.17) is 5.84 Å². The van der Waals surface area contributed by atoms with Crippen molar-refractivity contribution in [2.75, 3.05) is 11.7 Å². The summed E-state index contributed by atoms with van der Waals surface area (Å²) in [6.07, 6.45) is 1.72. The highest BCUT2D eigenvalue weighted by Gasteiger charge is 2.30. The Morgan fingerprint density at radius 3 is 3.00 bits per heavy atom. The van der Waals surface area contributed by atoms with Crippen molar-refractivity contribution in [2.45, 2.75) is 6.54 Å². The summed E-state index contributed by atoms with van der Waals surface area (Å²) >= 11 is 1.48. The molecule has 1 radical (unpaired) electrons. The molecule has 2 N–H and O–H groups in total. The van der Waals surface area contributed by atoms with Gasteiger partial charge in [-0.3, -0.25) is 14.6 Å². The SMILES string of the molecule is [CH2]Cn1c(=O)n(C)n2c3c(nc12)N(N)CN=C3c1nccs1. The summed E-state index contributed by atoms with van der Waals surface area (Å²) in [6, 6.07) is 0. The van der Waals surface area contributed by atoms with E-state index in [-0.39, 0.29) is 12.2 Å². The first-order valence-corrected chi connectivity index (χ1v) is 7.46. The molecular weight excluding hydrogens is 304 g/mol. The molecule has 1 aliphatic heterocycles. The van der Waals surface area contributed by atoms with E-state index >= 15 is 0 Å². The van der Waals surface area contributed by atoms with Crippen molar-refractivity contribution in [3.63, 3.8) is 0 Å². The fraction of sp³-hybridized carbons (Fsp3) is 0.250. The van der Waals surface area contributed by atoms with Gasteiger partial charge in [0.15, 0.2) is 5.82 Å². The molecule has 10 heteroatoms. The monoisotopic (exact) mass is 317 g/mol. The fourth-order valence-electron chi connectivity index (χ4n) is 2.59. The molecule has 9 nitrogen and oxygen atoms in total. The van der Waals surface area contributed by atoms with Gasteiger partial charge in [0.25, 0.3) is 0 Å². The zero-order valence-electron chi connectivity index (χ0n) is 11.8. The molecule has 0 saturated carbocycles. The standard InChI is InChI=1S/C12H13N8OS/c1-3-18-11-16-9-8(20(11)17(2)12(18)21)7(15-6-19(9)13)10-14-4-5-22-10/h4-5H,1,3,6,13H2,2H3. The fourth-order valence-corrected chi connectivity index (χ4v) is 3.24. The summed E-state index contributed by atoms with van der Waals surface area (Å²) in [5.74, 6) is 7.06. The van der Waals surface area contributed by atoms with Gasteiger partial charge in [-0.1, -0.05) is 0 Å². The highest BCUT2D eigenvalue weighted by molar-refractivity contribution is 7.11. The van der Waals surface area contributed by atoms with E-state index in [1.54, 1.807) is 17.8 Å². The number of imidazole rings is 1. The molecule has 0 unspecified atom stereocenters. The Morgan fingerprint density at radius 2 is 2.32 bits per heavy atom. The first-order chi connectivity index (χ1) is 10.6. The highest BCUT2D eigenvalue weighted by Crippen LogP contribution is 2.27. The zero-order valence-corrected chi connectivity index (χ0v) is 12.6. The lowest BCUT2D eigenvalue weighted by atomic mass is 10.2. The second-order valence-electron chi connectivity index (χ2n) is 4.81. The van der Waals surface area contributed by atoms with Crippen LogP contribution in [0.3, 0.4) is 0 Å². The van der Waals surface area contributed by atoms with Crippen molar-refractivity contribution >= 4 is 28.6 Å². The second kappa shape index (κ2) is 4.52. The minimum atomic E-state index is -0.187. The van der Waals surface area contributed by atoms with Crippen molar-refractivity contribution in [1.82, 2.24) is 23.7 Å². The number of thiazole rings is 1. The third kappa shape index (κ3) is 1.56. The number of aliphatic imine (C=N–C) groups is 1. The lowest BCUT2D eigenvalue weighted by Crippen LogP contribution is -2.37. The van der Waals surface area contributed by atoms with Gasteiger partial charge in [-0.15, -0.1) is 11.3 Å². The minimum absolute atomic E-state index is 0.187. The molecule has 4 rings (SSSR count). The normalized spacial score (nSPS) is 14.5. The maximum absolute atomic E-state index is 12.3. The second-order valence-corrected chi connectivity index (χ2v) is 5.70. The van der Waals surface area contributed by atoms with E-state index in [0.29, 0.717) is 29.7 Å². The summed E-state index contributed by atoms with van der Waals surface area (Å²) in [5.41, 5.74) is 1.18. The van der Waals surface area contributed by atoms with Gasteiger partial charge in [0.1, 0.15) is 23.1 Å². The van der Waals surface area contributed by atoms with Gasteiger partial charge < -0.3 is 0 Å². The van der Waals surface area contributed by atoms with Crippen molar-refractivity contribution in [3.8, 4) is 0 Å². The molecule has 1 aliphatic rings. The van der Waals surface area contributed by atoms with Crippen molar-refractivity contribution in [3.05, 3.63) is 39.7 Å². The number of anilines is 1. The number of nitrogens with two attached hydrogens (primary N) is 1. The van der Waals surface area contributed by atoms with Gasteiger partial charge >= 0.3 is 5.69 Å². The van der Waals surface area contributed by atoms with E-state index < -0.39 is 0 Å². The molecule has 0 bridgehead atoms. The third-order valence-electron chi connectivity index (χ3n) is 3.60. The minimum Gasteiger partial charge on any atom is -0.271 e. The van der Waals surface area contributed by atoms with Crippen molar-refractivity contribution in [1.29, 1.82) is 0 Å². The van der Waals surface area contributed by atoms with Crippen LogP contribution >= 0.6 is 11.3 Å².